The van der Waals surface area contributed by atoms with Gasteiger partial charge in [0.25, 0.3) is 0 Å². The first-order chi connectivity index (χ1) is 10.3. The highest BCUT2D eigenvalue weighted by Crippen LogP contribution is 2.13. The number of urea groups is 1. The molecule has 0 aliphatic carbocycles. The van der Waals surface area contributed by atoms with Gasteiger partial charge in [0, 0.05) is 6.20 Å². The molecule has 0 radical (unpaired) electrons. The number of hydrogen-bond acceptors (Lipinski definition) is 4. The molecular weight excluding hydrogens is 268 g/mol. The van der Waals surface area contributed by atoms with E-state index < -0.39 is 0 Å². The van der Waals surface area contributed by atoms with Gasteiger partial charge in [0.15, 0.2) is 0 Å². The zero-order valence-electron chi connectivity index (χ0n) is 11.9. The van der Waals surface area contributed by atoms with Crippen molar-refractivity contribution in [1.29, 1.82) is 0 Å². The predicted molar refractivity (Wildman–Crippen MR) is 80.4 cm³/mol. The summed E-state index contributed by atoms with van der Waals surface area (Å²) >= 11 is 0. The second-order valence-corrected chi connectivity index (χ2v) is 4.32. The van der Waals surface area contributed by atoms with Crippen LogP contribution in [0.5, 0.6) is 5.75 Å². The van der Waals surface area contributed by atoms with Crippen molar-refractivity contribution in [2.24, 2.45) is 0 Å². The van der Waals surface area contributed by atoms with Crippen LogP contribution in [0.4, 0.5) is 10.6 Å². The van der Waals surface area contributed by atoms with Crippen LogP contribution in [0.1, 0.15) is 12.5 Å². The van der Waals surface area contributed by atoms with Crippen molar-refractivity contribution in [3.8, 4) is 5.75 Å². The summed E-state index contributed by atoms with van der Waals surface area (Å²) in [5.74, 6) is 1.27. The molecule has 0 fully saturated rings. The molecule has 0 saturated carbocycles. The SMILES string of the molecule is CCc1cccc(OCCNC(=O)Nc2ccncn2)c1. The number of hydrogen-bond donors (Lipinski definition) is 2. The van der Waals surface area contributed by atoms with Crippen LogP contribution in [0.3, 0.4) is 0 Å². The molecular formula is C15H18N4O2. The third kappa shape index (κ3) is 5.10. The van der Waals surface area contributed by atoms with Gasteiger partial charge in [-0.3, -0.25) is 5.32 Å². The Kier molecular flexibility index (Phi) is 5.51. The number of rotatable bonds is 6. The van der Waals surface area contributed by atoms with Gasteiger partial charge in [0.05, 0.1) is 6.54 Å². The summed E-state index contributed by atoms with van der Waals surface area (Å²) in [6.07, 6.45) is 3.91. The Morgan fingerprint density at radius 2 is 2.24 bits per heavy atom. The van der Waals surface area contributed by atoms with E-state index in [2.05, 4.69) is 33.6 Å². The molecule has 2 aromatic rings. The van der Waals surface area contributed by atoms with Gasteiger partial charge in [0.2, 0.25) is 0 Å². The van der Waals surface area contributed by atoms with Gasteiger partial charge in [-0.1, -0.05) is 19.1 Å². The Bertz CT molecular complexity index is 575. The highest BCUT2D eigenvalue weighted by atomic mass is 16.5. The molecule has 0 aliphatic heterocycles. The number of nitrogens with zero attached hydrogens (tertiary/aromatic N) is 2. The van der Waals surface area contributed by atoms with Crippen LogP contribution in [-0.2, 0) is 6.42 Å². The minimum atomic E-state index is -0.320. The Morgan fingerprint density at radius 3 is 3.00 bits per heavy atom. The van der Waals surface area contributed by atoms with E-state index in [0.717, 1.165) is 12.2 Å². The molecule has 6 heteroatoms. The first-order valence-electron chi connectivity index (χ1n) is 6.80. The number of nitrogens with one attached hydrogen (secondary N) is 2. The third-order valence-electron chi connectivity index (χ3n) is 2.79. The van der Waals surface area contributed by atoms with Crippen molar-refractivity contribution in [3.05, 3.63) is 48.4 Å². The van der Waals surface area contributed by atoms with Crippen molar-refractivity contribution in [2.45, 2.75) is 13.3 Å². The fraction of sp³-hybridized carbons (Fsp3) is 0.267. The maximum atomic E-state index is 11.6. The van der Waals surface area contributed by atoms with Crippen molar-refractivity contribution in [3.63, 3.8) is 0 Å². The molecule has 1 aromatic heterocycles. The van der Waals surface area contributed by atoms with Crippen LogP contribution >= 0.6 is 0 Å². The summed E-state index contributed by atoms with van der Waals surface area (Å²) in [4.78, 5) is 19.3. The van der Waals surface area contributed by atoms with E-state index in [-0.39, 0.29) is 6.03 Å². The number of aromatic nitrogens is 2. The minimum absolute atomic E-state index is 0.320. The number of carbonyl (C=O) groups is 1. The van der Waals surface area contributed by atoms with E-state index in [4.69, 9.17) is 4.74 Å². The summed E-state index contributed by atoms with van der Waals surface area (Å²) in [5, 5.41) is 5.30. The molecule has 6 nitrogen and oxygen atoms in total. The monoisotopic (exact) mass is 286 g/mol. The number of anilines is 1. The highest BCUT2D eigenvalue weighted by Gasteiger charge is 2.01. The standard InChI is InChI=1S/C15H18N4O2/c1-2-12-4-3-5-13(10-12)21-9-8-17-15(20)19-14-6-7-16-11-18-14/h3-7,10-11H,2,8-9H2,1H3,(H2,16,17,18,19,20). The van der Waals surface area contributed by atoms with Crippen molar-refractivity contribution < 1.29 is 9.53 Å². The van der Waals surface area contributed by atoms with Crippen LogP contribution in [-0.4, -0.2) is 29.2 Å². The Hall–Kier alpha value is -2.63. The average molecular weight is 286 g/mol. The Balaban J connectivity index is 1.68. The van der Waals surface area contributed by atoms with Gasteiger partial charge in [-0.2, -0.15) is 0 Å². The fourth-order valence-corrected chi connectivity index (χ4v) is 1.71. The molecule has 0 unspecified atom stereocenters. The van der Waals surface area contributed by atoms with Gasteiger partial charge >= 0.3 is 6.03 Å². The number of benzene rings is 1. The maximum absolute atomic E-state index is 11.6. The molecule has 0 saturated heterocycles. The number of amides is 2. The summed E-state index contributed by atoms with van der Waals surface area (Å²) in [6, 6.07) is 9.22. The molecule has 110 valence electrons. The van der Waals surface area contributed by atoms with E-state index in [0.29, 0.717) is 19.0 Å². The van der Waals surface area contributed by atoms with Gasteiger partial charge in [0.1, 0.15) is 24.5 Å². The maximum Gasteiger partial charge on any atom is 0.320 e. The van der Waals surface area contributed by atoms with Crippen LogP contribution in [0, 0.1) is 0 Å². The number of ether oxygens (including phenoxy) is 1. The molecule has 0 atom stereocenters. The lowest BCUT2D eigenvalue weighted by Gasteiger charge is -2.09. The van der Waals surface area contributed by atoms with Crippen molar-refractivity contribution >= 4 is 11.8 Å². The lowest BCUT2D eigenvalue weighted by molar-refractivity contribution is 0.247. The summed E-state index contributed by atoms with van der Waals surface area (Å²) in [6.45, 7) is 2.91. The van der Waals surface area contributed by atoms with Gasteiger partial charge < -0.3 is 10.1 Å². The lowest BCUT2D eigenvalue weighted by Crippen LogP contribution is -2.32. The Labute approximate surface area is 123 Å². The molecule has 0 spiro atoms. The van der Waals surface area contributed by atoms with E-state index in [1.807, 2.05) is 18.2 Å². The van der Waals surface area contributed by atoms with Gasteiger partial charge in [-0.25, -0.2) is 14.8 Å². The lowest BCUT2D eigenvalue weighted by atomic mass is 10.2. The summed E-state index contributed by atoms with van der Waals surface area (Å²) in [7, 11) is 0. The number of aryl methyl sites for hydroxylation is 1. The largest absolute Gasteiger partial charge is 0.492 e. The van der Waals surface area contributed by atoms with Crippen LogP contribution in [0.15, 0.2) is 42.9 Å². The second-order valence-electron chi connectivity index (χ2n) is 4.32. The highest BCUT2D eigenvalue weighted by molar-refractivity contribution is 5.87. The first kappa shape index (κ1) is 14.8. The fourth-order valence-electron chi connectivity index (χ4n) is 1.71. The molecule has 2 rings (SSSR count). The van der Waals surface area contributed by atoms with Crippen LogP contribution in [0.2, 0.25) is 0 Å². The molecule has 1 heterocycles. The normalized spacial score (nSPS) is 9.95. The van der Waals surface area contributed by atoms with Gasteiger partial charge in [-0.05, 0) is 30.2 Å². The average Bonchev–Trinajstić information content (AvgIpc) is 2.53. The van der Waals surface area contributed by atoms with Crippen LogP contribution in [0.25, 0.3) is 0 Å². The van der Waals surface area contributed by atoms with E-state index in [9.17, 15) is 4.79 Å². The topological polar surface area (TPSA) is 76.1 Å². The van der Waals surface area contributed by atoms with E-state index in [1.54, 1.807) is 12.3 Å². The van der Waals surface area contributed by atoms with Gasteiger partial charge in [-0.15, -0.1) is 0 Å². The minimum Gasteiger partial charge on any atom is -0.492 e. The summed E-state index contributed by atoms with van der Waals surface area (Å²) in [5.41, 5.74) is 1.22. The molecule has 2 amide bonds. The van der Waals surface area contributed by atoms with Crippen molar-refractivity contribution in [2.75, 3.05) is 18.5 Å². The van der Waals surface area contributed by atoms with Crippen molar-refractivity contribution in [1.82, 2.24) is 15.3 Å². The zero-order chi connectivity index (χ0) is 14.9. The molecule has 2 N–H and O–H groups in total. The third-order valence-corrected chi connectivity index (χ3v) is 2.79. The zero-order valence-corrected chi connectivity index (χ0v) is 11.9. The first-order valence-corrected chi connectivity index (χ1v) is 6.80. The Morgan fingerprint density at radius 1 is 1.33 bits per heavy atom. The quantitative estimate of drug-likeness (QED) is 0.798. The van der Waals surface area contributed by atoms with E-state index >= 15 is 0 Å². The molecule has 1 aromatic carbocycles. The predicted octanol–water partition coefficient (Wildman–Crippen LogP) is 2.24. The smallest absolute Gasteiger partial charge is 0.320 e. The molecule has 0 aliphatic rings. The summed E-state index contributed by atoms with van der Waals surface area (Å²) < 4.78 is 5.58. The van der Waals surface area contributed by atoms with E-state index in [1.165, 1.54) is 11.9 Å². The number of carbonyl (C=O) groups excluding carboxylic acids is 1. The molecule has 0 bridgehead atoms. The van der Waals surface area contributed by atoms with Crippen LogP contribution < -0.4 is 15.4 Å². The molecule has 21 heavy (non-hydrogen) atoms. The second kappa shape index (κ2) is 7.84.